The van der Waals surface area contributed by atoms with Gasteiger partial charge in [0.15, 0.2) is 0 Å². The first-order chi connectivity index (χ1) is 6.74. The summed E-state index contributed by atoms with van der Waals surface area (Å²) in [4.78, 5) is 3.80. The van der Waals surface area contributed by atoms with E-state index in [0.29, 0.717) is 9.95 Å². The van der Waals surface area contributed by atoms with Crippen LogP contribution in [-0.4, -0.2) is 9.55 Å². The van der Waals surface area contributed by atoms with Crippen LogP contribution in [-0.2, 0) is 0 Å². The van der Waals surface area contributed by atoms with Crippen LogP contribution >= 0.6 is 0 Å². The zero-order valence-electron chi connectivity index (χ0n) is 6.98. The van der Waals surface area contributed by atoms with E-state index >= 15 is 0 Å². The molecule has 0 aromatic carbocycles. The van der Waals surface area contributed by atoms with Gasteiger partial charge in [0.2, 0.25) is 0 Å². The molecule has 2 rings (SSSR count). The summed E-state index contributed by atoms with van der Waals surface area (Å²) in [5, 5.41) is 9.15. The van der Waals surface area contributed by atoms with Crippen LogP contribution in [0.15, 0.2) is 24.5 Å². The number of rotatable bonds is 1. The van der Waals surface area contributed by atoms with Crippen molar-refractivity contribution < 1.29 is 8.78 Å². The van der Waals surface area contributed by atoms with Crippen molar-refractivity contribution in [1.29, 1.82) is 5.26 Å². The highest BCUT2D eigenvalue weighted by Gasteiger charge is 2.14. The molecule has 0 saturated heterocycles. The monoisotopic (exact) mass is 193 g/mol. The number of halogens is 2. The Kier molecular flexibility index (Phi) is 1.89. The molecule has 0 aliphatic rings. The summed E-state index contributed by atoms with van der Waals surface area (Å²) < 4.78 is 25.6. The fraction of sp³-hybridized carbons (Fsp3) is 0.111. The molecule has 0 bridgehead atoms. The van der Waals surface area contributed by atoms with Crippen molar-refractivity contribution in [3.63, 3.8) is 0 Å². The third-order valence-electron chi connectivity index (χ3n) is 1.92. The molecule has 0 aliphatic heterocycles. The molecule has 2 heterocycles. The first-order valence-electron chi connectivity index (χ1n) is 3.88. The molecule has 0 spiro atoms. The molecular weight excluding hydrogens is 188 g/mol. The van der Waals surface area contributed by atoms with Crippen LogP contribution in [0.5, 0.6) is 0 Å². The lowest BCUT2D eigenvalue weighted by molar-refractivity contribution is 0.0746. The summed E-state index contributed by atoms with van der Waals surface area (Å²) in [6, 6.07) is 5.06. The highest BCUT2D eigenvalue weighted by Crippen LogP contribution is 2.23. The fourth-order valence-electron chi connectivity index (χ4n) is 1.32. The molecule has 0 aliphatic carbocycles. The maximum atomic E-state index is 12.5. The molecule has 0 amide bonds. The molecule has 14 heavy (non-hydrogen) atoms. The fourth-order valence-corrected chi connectivity index (χ4v) is 1.32. The minimum atomic E-state index is -2.67. The number of pyridine rings is 1. The largest absolute Gasteiger partial charge is 0.320 e. The van der Waals surface area contributed by atoms with Crippen molar-refractivity contribution >= 4 is 11.0 Å². The summed E-state index contributed by atoms with van der Waals surface area (Å²) in [6.07, 6.45) is 2.53. The molecule has 3 nitrogen and oxygen atoms in total. The van der Waals surface area contributed by atoms with Crippen molar-refractivity contribution in [3.05, 3.63) is 30.1 Å². The van der Waals surface area contributed by atoms with Crippen LogP contribution in [0.1, 0.15) is 12.1 Å². The molecule has 0 N–H and O–H groups in total. The van der Waals surface area contributed by atoms with Gasteiger partial charge in [0.05, 0.1) is 5.56 Å². The number of nitriles is 1. The topological polar surface area (TPSA) is 41.6 Å². The van der Waals surface area contributed by atoms with Gasteiger partial charge in [-0.15, -0.1) is 0 Å². The van der Waals surface area contributed by atoms with Gasteiger partial charge in [-0.05, 0) is 12.1 Å². The second-order valence-electron chi connectivity index (χ2n) is 2.71. The number of aromatic nitrogens is 2. The van der Waals surface area contributed by atoms with E-state index in [0.717, 1.165) is 6.20 Å². The van der Waals surface area contributed by atoms with Crippen LogP contribution in [0, 0.1) is 11.3 Å². The van der Waals surface area contributed by atoms with E-state index in [1.807, 2.05) is 6.07 Å². The Balaban J connectivity index is 2.82. The van der Waals surface area contributed by atoms with E-state index in [1.165, 1.54) is 6.20 Å². The Labute approximate surface area is 78.2 Å². The van der Waals surface area contributed by atoms with Crippen molar-refractivity contribution in [3.8, 4) is 6.07 Å². The van der Waals surface area contributed by atoms with Gasteiger partial charge < -0.3 is 0 Å². The maximum Gasteiger partial charge on any atom is 0.320 e. The standard InChI is InChI=1S/C9H5F2N3/c10-9(11)14-5-6(4-12)7-2-1-3-13-8(7)14/h1-3,5,9H. The van der Waals surface area contributed by atoms with Gasteiger partial charge in [0.25, 0.3) is 0 Å². The number of alkyl halides is 2. The van der Waals surface area contributed by atoms with Crippen LogP contribution in [0.3, 0.4) is 0 Å². The quantitative estimate of drug-likeness (QED) is 0.697. The molecule has 5 heteroatoms. The Morgan fingerprint density at radius 1 is 1.50 bits per heavy atom. The smallest absolute Gasteiger partial charge is 0.274 e. The molecule has 0 radical (unpaired) electrons. The van der Waals surface area contributed by atoms with E-state index < -0.39 is 6.55 Å². The van der Waals surface area contributed by atoms with E-state index in [4.69, 9.17) is 5.26 Å². The third kappa shape index (κ3) is 1.12. The van der Waals surface area contributed by atoms with Gasteiger partial charge in [0.1, 0.15) is 11.7 Å². The zero-order valence-corrected chi connectivity index (χ0v) is 6.98. The lowest BCUT2D eigenvalue weighted by Crippen LogP contribution is -1.96. The Morgan fingerprint density at radius 2 is 2.29 bits per heavy atom. The molecule has 2 aromatic heterocycles. The molecule has 0 saturated carbocycles. The summed E-state index contributed by atoms with van der Waals surface area (Å²) >= 11 is 0. The average molecular weight is 193 g/mol. The number of fused-ring (bicyclic) bond motifs is 1. The van der Waals surface area contributed by atoms with E-state index in [-0.39, 0.29) is 11.2 Å². The van der Waals surface area contributed by atoms with E-state index in [1.54, 1.807) is 12.1 Å². The molecule has 2 aromatic rings. The predicted octanol–water partition coefficient (Wildman–Crippen LogP) is 2.30. The van der Waals surface area contributed by atoms with Gasteiger partial charge in [0, 0.05) is 17.8 Å². The van der Waals surface area contributed by atoms with Crippen LogP contribution in [0.4, 0.5) is 8.78 Å². The lowest BCUT2D eigenvalue weighted by atomic mass is 10.2. The van der Waals surface area contributed by atoms with Crippen molar-refractivity contribution in [2.75, 3.05) is 0 Å². The molecule has 0 fully saturated rings. The minimum absolute atomic E-state index is 0.138. The van der Waals surface area contributed by atoms with E-state index in [2.05, 4.69) is 4.98 Å². The Bertz CT molecular complexity index is 510. The summed E-state index contributed by atoms with van der Waals surface area (Å²) in [5.74, 6) is 0. The van der Waals surface area contributed by atoms with Gasteiger partial charge >= 0.3 is 6.55 Å². The number of nitrogens with zero attached hydrogens (tertiary/aromatic N) is 3. The van der Waals surface area contributed by atoms with Crippen LogP contribution in [0.2, 0.25) is 0 Å². The second kappa shape index (κ2) is 3.07. The minimum Gasteiger partial charge on any atom is -0.274 e. The number of hydrogen-bond donors (Lipinski definition) is 0. The third-order valence-corrected chi connectivity index (χ3v) is 1.92. The molecule has 0 atom stereocenters. The highest BCUT2D eigenvalue weighted by atomic mass is 19.3. The van der Waals surface area contributed by atoms with Crippen molar-refractivity contribution in [2.24, 2.45) is 0 Å². The summed E-state index contributed by atoms with van der Waals surface area (Å²) in [6.45, 7) is -2.67. The van der Waals surface area contributed by atoms with Gasteiger partial charge in [-0.25, -0.2) is 4.98 Å². The van der Waals surface area contributed by atoms with Crippen molar-refractivity contribution in [2.45, 2.75) is 6.55 Å². The van der Waals surface area contributed by atoms with E-state index in [9.17, 15) is 8.78 Å². The number of hydrogen-bond acceptors (Lipinski definition) is 2. The highest BCUT2D eigenvalue weighted by molar-refractivity contribution is 5.83. The van der Waals surface area contributed by atoms with Gasteiger partial charge in [-0.2, -0.15) is 14.0 Å². The maximum absolute atomic E-state index is 12.5. The molecular formula is C9H5F2N3. The van der Waals surface area contributed by atoms with Crippen molar-refractivity contribution in [1.82, 2.24) is 9.55 Å². The second-order valence-corrected chi connectivity index (χ2v) is 2.71. The van der Waals surface area contributed by atoms with Gasteiger partial charge in [-0.1, -0.05) is 0 Å². The predicted molar refractivity (Wildman–Crippen MR) is 45.7 cm³/mol. The lowest BCUT2D eigenvalue weighted by Gasteiger charge is -2.00. The average Bonchev–Trinajstić information content (AvgIpc) is 2.56. The summed E-state index contributed by atoms with van der Waals surface area (Å²) in [7, 11) is 0. The zero-order chi connectivity index (χ0) is 10.1. The summed E-state index contributed by atoms with van der Waals surface area (Å²) in [5.41, 5.74) is 0.354. The molecule has 70 valence electrons. The SMILES string of the molecule is N#Cc1cn(C(F)F)c2ncccc12. The first kappa shape index (κ1) is 8.63. The van der Waals surface area contributed by atoms with Crippen LogP contribution in [0.25, 0.3) is 11.0 Å². The van der Waals surface area contributed by atoms with Gasteiger partial charge in [-0.3, -0.25) is 4.57 Å². The normalized spacial score (nSPS) is 10.7. The first-order valence-corrected chi connectivity index (χ1v) is 3.88. The Morgan fingerprint density at radius 3 is 2.93 bits per heavy atom. The molecule has 0 unspecified atom stereocenters. The van der Waals surface area contributed by atoms with Crippen LogP contribution < -0.4 is 0 Å². The Hall–Kier alpha value is -1.96.